The molecule has 1 aromatic heterocycles. The van der Waals surface area contributed by atoms with Gasteiger partial charge in [-0.15, -0.1) is 5.10 Å². The van der Waals surface area contributed by atoms with Crippen molar-refractivity contribution in [1.82, 2.24) is 15.0 Å². The first-order chi connectivity index (χ1) is 12.0. The number of hydrogen-bond acceptors (Lipinski definition) is 4. The van der Waals surface area contributed by atoms with E-state index in [1.54, 1.807) is 12.1 Å². The van der Waals surface area contributed by atoms with E-state index in [0.717, 1.165) is 17.5 Å². The molecule has 1 amide bonds. The second kappa shape index (κ2) is 7.36. The first-order valence-electron chi connectivity index (χ1n) is 7.85. The maximum Gasteiger partial charge on any atom is 0.280 e. The highest BCUT2D eigenvalue weighted by molar-refractivity contribution is 6.31. The molecule has 25 heavy (non-hydrogen) atoms. The van der Waals surface area contributed by atoms with Gasteiger partial charge in [-0.3, -0.25) is 4.79 Å². The van der Waals surface area contributed by atoms with E-state index in [9.17, 15) is 4.79 Å². The predicted octanol–water partition coefficient (Wildman–Crippen LogP) is 3.32. The fraction of sp³-hybridized carbons (Fsp3) is 0.167. The van der Waals surface area contributed by atoms with Crippen LogP contribution < -0.4 is 11.1 Å². The molecular weight excluding hydrogens is 338 g/mol. The van der Waals surface area contributed by atoms with Crippen LogP contribution in [0.25, 0.3) is 0 Å². The molecule has 0 saturated carbocycles. The van der Waals surface area contributed by atoms with Crippen LogP contribution in [0.4, 0.5) is 11.5 Å². The molecule has 3 aromatic rings. The summed E-state index contributed by atoms with van der Waals surface area (Å²) in [6, 6.07) is 15.3. The van der Waals surface area contributed by atoms with Crippen molar-refractivity contribution in [2.45, 2.75) is 19.9 Å². The van der Waals surface area contributed by atoms with Crippen LogP contribution in [-0.2, 0) is 13.0 Å². The van der Waals surface area contributed by atoms with Crippen LogP contribution in [0, 0.1) is 6.92 Å². The number of nitrogens with two attached hydrogens (primary N) is 1. The quantitative estimate of drug-likeness (QED) is 0.735. The van der Waals surface area contributed by atoms with Gasteiger partial charge in [0.15, 0.2) is 11.5 Å². The minimum Gasteiger partial charge on any atom is -0.382 e. The summed E-state index contributed by atoms with van der Waals surface area (Å²) in [4.78, 5) is 12.4. The summed E-state index contributed by atoms with van der Waals surface area (Å²) in [5, 5.41) is 11.2. The van der Waals surface area contributed by atoms with Crippen molar-refractivity contribution in [3.05, 3.63) is 70.4 Å². The van der Waals surface area contributed by atoms with Crippen molar-refractivity contribution in [2.75, 3.05) is 11.1 Å². The molecule has 0 aliphatic heterocycles. The van der Waals surface area contributed by atoms with Crippen LogP contribution in [0.1, 0.15) is 21.6 Å². The van der Waals surface area contributed by atoms with Crippen molar-refractivity contribution in [3.8, 4) is 0 Å². The van der Waals surface area contributed by atoms with Crippen molar-refractivity contribution >= 4 is 29.0 Å². The normalized spacial score (nSPS) is 10.6. The van der Waals surface area contributed by atoms with E-state index >= 15 is 0 Å². The Morgan fingerprint density at radius 1 is 1.24 bits per heavy atom. The molecule has 0 bridgehead atoms. The average molecular weight is 356 g/mol. The van der Waals surface area contributed by atoms with Gasteiger partial charge in [0.1, 0.15) is 0 Å². The third-order valence-electron chi connectivity index (χ3n) is 3.89. The number of nitrogens with zero attached hydrogens (tertiary/aromatic N) is 3. The second-order valence-corrected chi connectivity index (χ2v) is 6.13. The van der Waals surface area contributed by atoms with Gasteiger partial charge >= 0.3 is 0 Å². The zero-order chi connectivity index (χ0) is 17.8. The Kier molecular flexibility index (Phi) is 5.00. The van der Waals surface area contributed by atoms with Crippen molar-refractivity contribution in [1.29, 1.82) is 0 Å². The number of benzene rings is 2. The molecule has 0 atom stereocenters. The minimum absolute atomic E-state index is 0.104. The number of aryl methyl sites for hydroxylation is 3. The van der Waals surface area contributed by atoms with Crippen molar-refractivity contribution in [3.63, 3.8) is 0 Å². The largest absolute Gasteiger partial charge is 0.382 e. The first-order valence-corrected chi connectivity index (χ1v) is 8.23. The number of rotatable bonds is 5. The molecule has 3 rings (SSSR count). The van der Waals surface area contributed by atoms with Gasteiger partial charge < -0.3 is 11.1 Å². The van der Waals surface area contributed by atoms with Gasteiger partial charge in [-0.1, -0.05) is 53.2 Å². The molecular formula is C18H18ClN5O. The van der Waals surface area contributed by atoms with Gasteiger partial charge in [-0.05, 0) is 36.6 Å². The highest BCUT2D eigenvalue weighted by Gasteiger charge is 2.18. The Hall–Kier alpha value is -2.86. The SMILES string of the molecule is Cc1ccc(Cl)cc1NC(=O)c1nnn(CCc2ccccc2)c1N. The number of carbonyl (C=O) groups is 1. The van der Waals surface area contributed by atoms with E-state index < -0.39 is 5.91 Å². The van der Waals surface area contributed by atoms with Gasteiger partial charge in [0.05, 0.1) is 0 Å². The lowest BCUT2D eigenvalue weighted by atomic mass is 10.1. The fourth-order valence-corrected chi connectivity index (χ4v) is 2.61. The summed E-state index contributed by atoms with van der Waals surface area (Å²) in [5.74, 6) is -0.165. The Balaban J connectivity index is 1.71. The van der Waals surface area contributed by atoms with E-state index in [4.69, 9.17) is 17.3 Å². The zero-order valence-corrected chi connectivity index (χ0v) is 14.5. The standard InChI is InChI=1S/C18H18ClN5O/c1-12-7-8-14(19)11-15(12)21-18(25)16-17(20)24(23-22-16)10-9-13-5-3-2-4-6-13/h2-8,11H,9-10,20H2,1H3,(H,21,25). The summed E-state index contributed by atoms with van der Waals surface area (Å²) in [7, 11) is 0. The van der Waals surface area contributed by atoms with E-state index in [1.165, 1.54) is 4.68 Å². The van der Waals surface area contributed by atoms with Gasteiger partial charge in [0.25, 0.3) is 5.91 Å². The van der Waals surface area contributed by atoms with E-state index in [1.807, 2.05) is 43.3 Å². The van der Waals surface area contributed by atoms with Crippen LogP contribution in [0.5, 0.6) is 0 Å². The van der Waals surface area contributed by atoms with Crippen LogP contribution in [-0.4, -0.2) is 20.9 Å². The van der Waals surface area contributed by atoms with Crippen LogP contribution >= 0.6 is 11.6 Å². The number of anilines is 2. The summed E-state index contributed by atoms with van der Waals surface area (Å²) in [6.07, 6.45) is 0.753. The van der Waals surface area contributed by atoms with E-state index in [2.05, 4.69) is 15.6 Å². The van der Waals surface area contributed by atoms with Gasteiger partial charge in [-0.2, -0.15) is 0 Å². The summed E-state index contributed by atoms with van der Waals surface area (Å²) >= 11 is 5.97. The number of carbonyl (C=O) groups excluding carboxylic acids is 1. The highest BCUT2D eigenvalue weighted by Crippen LogP contribution is 2.21. The maximum atomic E-state index is 12.4. The molecule has 0 fully saturated rings. The van der Waals surface area contributed by atoms with E-state index in [0.29, 0.717) is 17.3 Å². The van der Waals surface area contributed by atoms with E-state index in [-0.39, 0.29) is 11.5 Å². The predicted molar refractivity (Wildman–Crippen MR) is 98.7 cm³/mol. The lowest BCUT2D eigenvalue weighted by Gasteiger charge is -2.08. The Bertz CT molecular complexity index is 892. The van der Waals surface area contributed by atoms with Crippen LogP contribution in [0.3, 0.4) is 0 Å². The minimum atomic E-state index is -0.408. The molecule has 2 aromatic carbocycles. The smallest absolute Gasteiger partial charge is 0.280 e. The molecule has 3 N–H and O–H groups in total. The molecule has 6 nitrogen and oxygen atoms in total. The summed E-state index contributed by atoms with van der Waals surface area (Å²) in [6.45, 7) is 2.43. The number of halogens is 1. The third-order valence-corrected chi connectivity index (χ3v) is 4.13. The molecule has 128 valence electrons. The van der Waals surface area contributed by atoms with Gasteiger partial charge in [0, 0.05) is 17.3 Å². The molecule has 0 radical (unpaired) electrons. The van der Waals surface area contributed by atoms with Gasteiger partial charge in [0.2, 0.25) is 0 Å². The topological polar surface area (TPSA) is 85.8 Å². The summed E-state index contributed by atoms with van der Waals surface area (Å²) < 4.78 is 1.53. The first kappa shape index (κ1) is 17.0. The average Bonchev–Trinajstić information content (AvgIpc) is 2.98. The van der Waals surface area contributed by atoms with Gasteiger partial charge in [-0.25, -0.2) is 4.68 Å². The Morgan fingerprint density at radius 3 is 2.76 bits per heavy atom. The van der Waals surface area contributed by atoms with Crippen molar-refractivity contribution in [2.24, 2.45) is 0 Å². The zero-order valence-electron chi connectivity index (χ0n) is 13.7. The number of amides is 1. The molecule has 0 spiro atoms. The number of nitrogen functional groups attached to an aromatic ring is 1. The number of nitrogens with one attached hydrogen (secondary N) is 1. The lowest BCUT2D eigenvalue weighted by Crippen LogP contribution is -2.16. The molecule has 0 aliphatic carbocycles. The monoisotopic (exact) mass is 355 g/mol. The molecule has 0 unspecified atom stereocenters. The maximum absolute atomic E-state index is 12.4. The van der Waals surface area contributed by atoms with Crippen LogP contribution in [0.15, 0.2) is 48.5 Å². The molecule has 1 heterocycles. The lowest BCUT2D eigenvalue weighted by molar-refractivity contribution is 0.102. The van der Waals surface area contributed by atoms with Crippen LogP contribution in [0.2, 0.25) is 5.02 Å². The second-order valence-electron chi connectivity index (χ2n) is 5.70. The Labute approximate surface area is 150 Å². The third kappa shape index (κ3) is 3.97. The molecule has 7 heteroatoms. The number of hydrogen-bond donors (Lipinski definition) is 2. The molecule has 0 aliphatic rings. The molecule has 0 saturated heterocycles. The summed E-state index contributed by atoms with van der Waals surface area (Å²) in [5.41, 5.74) is 8.83. The van der Waals surface area contributed by atoms with Crippen molar-refractivity contribution < 1.29 is 4.79 Å². The Morgan fingerprint density at radius 2 is 2.00 bits per heavy atom. The highest BCUT2D eigenvalue weighted by atomic mass is 35.5. The fourth-order valence-electron chi connectivity index (χ4n) is 2.44. The number of aromatic nitrogens is 3.